The van der Waals surface area contributed by atoms with E-state index in [4.69, 9.17) is 21.3 Å². The molecule has 1 heterocycles. The van der Waals surface area contributed by atoms with Gasteiger partial charge in [-0.1, -0.05) is 0 Å². The fourth-order valence-corrected chi connectivity index (χ4v) is 0.840. The van der Waals surface area contributed by atoms with Gasteiger partial charge in [-0.3, -0.25) is 4.79 Å². The number of nitrogen functional groups attached to an aromatic ring is 2. The maximum Gasteiger partial charge on any atom is 0.323 e. The number of rotatable bonds is 5. The molecule has 8 heteroatoms. The molecule has 8 nitrogen and oxygen atoms in total. The van der Waals surface area contributed by atoms with E-state index in [1.807, 2.05) is 0 Å². The molecule has 1 aromatic rings. The largest absolute Gasteiger partial charge is 0.481 e. The summed E-state index contributed by atoms with van der Waals surface area (Å²) in [5.74, 6) is -0.945. The van der Waals surface area contributed by atoms with Gasteiger partial charge in [0.2, 0.25) is 11.9 Å². The lowest BCUT2D eigenvalue weighted by molar-refractivity contribution is -0.137. The second-order valence-corrected chi connectivity index (χ2v) is 2.68. The second kappa shape index (κ2) is 4.94. The van der Waals surface area contributed by atoms with Crippen molar-refractivity contribution >= 4 is 17.9 Å². The van der Waals surface area contributed by atoms with Crippen LogP contribution >= 0.6 is 0 Å². The Labute approximate surface area is 85.3 Å². The minimum absolute atomic E-state index is 0.00499. The average Bonchev–Trinajstić information content (AvgIpc) is 2.10. The first-order valence-electron chi connectivity index (χ1n) is 4.19. The van der Waals surface area contributed by atoms with Gasteiger partial charge in [0.05, 0.1) is 6.61 Å². The number of nitrogens with zero attached hydrogens (tertiary/aromatic N) is 3. The molecule has 0 fully saturated rings. The molecule has 0 amide bonds. The van der Waals surface area contributed by atoms with Crippen molar-refractivity contribution in [2.24, 2.45) is 0 Å². The van der Waals surface area contributed by atoms with E-state index in [2.05, 4.69) is 15.0 Å². The first kappa shape index (κ1) is 11.0. The van der Waals surface area contributed by atoms with E-state index >= 15 is 0 Å². The van der Waals surface area contributed by atoms with Crippen LogP contribution in [0.25, 0.3) is 0 Å². The summed E-state index contributed by atoms with van der Waals surface area (Å²) in [6, 6.07) is 0.00499. The zero-order chi connectivity index (χ0) is 11.3. The number of aliphatic carboxylic acids is 1. The Hall–Kier alpha value is -2.12. The van der Waals surface area contributed by atoms with Crippen molar-refractivity contribution in [1.29, 1.82) is 0 Å². The summed E-state index contributed by atoms with van der Waals surface area (Å²) in [5.41, 5.74) is 10.6. The van der Waals surface area contributed by atoms with Crippen LogP contribution < -0.4 is 16.2 Å². The molecular formula is C7H11N5O3. The predicted molar refractivity (Wildman–Crippen MR) is 51.0 cm³/mol. The summed E-state index contributed by atoms with van der Waals surface area (Å²) in [7, 11) is 0. The lowest BCUT2D eigenvalue weighted by Gasteiger charge is -2.03. The van der Waals surface area contributed by atoms with Gasteiger partial charge in [-0.25, -0.2) is 0 Å². The molecule has 0 saturated heterocycles. The Morgan fingerprint density at radius 1 is 1.27 bits per heavy atom. The van der Waals surface area contributed by atoms with Crippen LogP contribution in [0.2, 0.25) is 0 Å². The summed E-state index contributed by atoms with van der Waals surface area (Å²) >= 11 is 0. The third-order valence-electron chi connectivity index (χ3n) is 1.42. The monoisotopic (exact) mass is 213 g/mol. The standard InChI is InChI=1S/C7H11N5O3/c8-5-10-6(9)12-7(11-5)15-3-1-2-4(13)14/h1-3H2,(H,13,14)(H4,8,9,10,11,12). The maximum absolute atomic E-state index is 10.2. The van der Waals surface area contributed by atoms with Gasteiger partial charge >= 0.3 is 12.0 Å². The Balaban J connectivity index is 2.40. The minimum Gasteiger partial charge on any atom is -0.481 e. The number of carboxylic acid groups (broad SMARTS) is 1. The first-order chi connectivity index (χ1) is 7.08. The molecule has 0 aromatic carbocycles. The van der Waals surface area contributed by atoms with Gasteiger partial charge < -0.3 is 21.3 Å². The number of hydrogen-bond donors (Lipinski definition) is 3. The first-order valence-corrected chi connectivity index (χ1v) is 4.19. The van der Waals surface area contributed by atoms with Crippen molar-refractivity contribution in [3.63, 3.8) is 0 Å². The summed E-state index contributed by atoms with van der Waals surface area (Å²) < 4.78 is 5.03. The molecule has 5 N–H and O–H groups in total. The number of hydrogen-bond acceptors (Lipinski definition) is 7. The van der Waals surface area contributed by atoms with Crippen LogP contribution in [0.3, 0.4) is 0 Å². The van der Waals surface area contributed by atoms with Gasteiger partial charge in [0, 0.05) is 6.42 Å². The third kappa shape index (κ3) is 4.07. The molecule has 0 aliphatic heterocycles. The predicted octanol–water partition coefficient (Wildman–Crippen LogP) is -0.720. The van der Waals surface area contributed by atoms with E-state index < -0.39 is 5.97 Å². The molecule has 1 rings (SSSR count). The van der Waals surface area contributed by atoms with Crippen molar-refractivity contribution < 1.29 is 14.6 Å². The molecule has 0 unspecified atom stereocenters. The van der Waals surface area contributed by atoms with Crippen LogP contribution in [0, 0.1) is 0 Å². The number of aromatic nitrogens is 3. The quantitative estimate of drug-likeness (QED) is 0.545. The summed E-state index contributed by atoms with van der Waals surface area (Å²) in [6.45, 7) is 0.190. The van der Waals surface area contributed by atoms with E-state index in [9.17, 15) is 4.79 Å². The lowest BCUT2D eigenvalue weighted by Crippen LogP contribution is -2.08. The molecule has 0 saturated carbocycles. The lowest BCUT2D eigenvalue weighted by atomic mass is 10.3. The topological polar surface area (TPSA) is 137 Å². The van der Waals surface area contributed by atoms with Gasteiger partial charge in [0.15, 0.2) is 0 Å². The van der Waals surface area contributed by atoms with Gasteiger partial charge in [-0.05, 0) is 6.42 Å². The van der Waals surface area contributed by atoms with E-state index in [1.54, 1.807) is 0 Å². The van der Waals surface area contributed by atoms with Crippen LogP contribution in [-0.4, -0.2) is 32.6 Å². The second-order valence-electron chi connectivity index (χ2n) is 2.68. The highest BCUT2D eigenvalue weighted by molar-refractivity contribution is 5.66. The van der Waals surface area contributed by atoms with Gasteiger partial charge in [-0.2, -0.15) is 15.0 Å². The van der Waals surface area contributed by atoms with Crippen molar-refractivity contribution in [3.8, 4) is 6.01 Å². The van der Waals surface area contributed by atoms with Gasteiger partial charge in [0.1, 0.15) is 0 Å². The minimum atomic E-state index is -0.881. The van der Waals surface area contributed by atoms with Crippen LogP contribution in [0.15, 0.2) is 0 Å². The van der Waals surface area contributed by atoms with Crippen LogP contribution in [-0.2, 0) is 4.79 Å². The van der Waals surface area contributed by atoms with Crippen molar-refractivity contribution in [2.75, 3.05) is 18.1 Å². The molecule has 1 aromatic heterocycles. The molecule has 0 atom stereocenters. The highest BCUT2D eigenvalue weighted by atomic mass is 16.5. The number of carboxylic acids is 1. The number of nitrogens with two attached hydrogens (primary N) is 2. The maximum atomic E-state index is 10.2. The zero-order valence-corrected chi connectivity index (χ0v) is 7.88. The normalized spacial score (nSPS) is 9.87. The van der Waals surface area contributed by atoms with Crippen LogP contribution in [0.4, 0.5) is 11.9 Å². The molecule has 0 aliphatic rings. The SMILES string of the molecule is Nc1nc(N)nc(OCCCC(=O)O)n1. The van der Waals surface area contributed by atoms with E-state index in [0.29, 0.717) is 6.42 Å². The van der Waals surface area contributed by atoms with E-state index in [-0.39, 0.29) is 30.9 Å². The smallest absolute Gasteiger partial charge is 0.323 e. The van der Waals surface area contributed by atoms with Crippen LogP contribution in [0.5, 0.6) is 6.01 Å². The molecule has 0 spiro atoms. The van der Waals surface area contributed by atoms with Gasteiger partial charge in [0.25, 0.3) is 0 Å². The number of ether oxygens (including phenoxy) is 1. The van der Waals surface area contributed by atoms with Gasteiger partial charge in [-0.15, -0.1) is 0 Å². The Kier molecular flexibility index (Phi) is 3.61. The summed E-state index contributed by atoms with van der Waals surface area (Å²) in [6.07, 6.45) is 0.386. The highest BCUT2D eigenvalue weighted by Crippen LogP contribution is 2.06. The molecular weight excluding hydrogens is 202 g/mol. The van der Waals surface area contributed by atoms with Crippen molar-refractivity contribution in [1.82, 2.24) is 15.0 Å². The Bertz CT molecular complexity index is 336. The van der Waals surface area contributed by atoms with Crippen LogP contribution in [0.1, 0.15) is 12.8 Å². The average molecular weight is 213 g/mol. The third-order valence-corrected chi connectivity index (χ3v) is 1.42. The Morgan fingerprint density at radius 2 is 1.87 bits per heavy atom. The molecule has 0 radical (unpaired) electrons. The number of carbonyl (C=O) groups is 1. The fraction of sp³-hybridized carbons (Fsp3) is 0.429. The van der Waals surface area contributed by atoms with E-state index in [1.165, 1.54) is 0 Å². The zero-order valence-electron chi connectivity index (χ0n) is 7.88. The fourth-order valence-electron chi connectivity index (χ4n) is 0.840. The molecule has 0 aliphatic carbocycles. The molecule has 82 valence electrons. The van der Waals surface area contributed by atoms with Crippen molar-refractivity contribution in [2.45, 2.75) is 12.8 Å². The van der Waals surface area contributed by atoms with E-state index in [0.717, 1.165) is 0 Å². The highest BCUT2D eigenvalue weighted by Gasteiger charge is 2.03. The summed E-state index contributed by atoms with van der Waals surface area (Å²) in [5, 5.41) is 8.36. The molecule has 15 heavy (non-hydrogen) atoms. The molecule has 0 bridgehead atoms. The Morgan fingerprint density at radius 3 is 2.40 bits per heavy atom. The number of anilines is 2. The van der Waals surface area contributed by atoms with Crippen molar-refractivity contribution in [3.05, 3.63) is 0 Å². The summed E-state index contributed by atoms with van der Waals surface area (Å²) in [4.78, 5) is 21.0.